The number of halogens is 1. The maximum atomic E-state index is 12.5. The lowest BCUT2D eigenvalue weighted by atomic mass is 10.0. The molecule has 1 heterocycles. The molecule has 11 heavy (non-hydrogen) atoms. The van der Waals surface area contributed by atoms with Gasteiger partial charge in [-0.1, -0.05) is 0 Å². The van der Waals surface area contributed by atoms with E-state index in [0.717, 1.165) is 0 Å². The minimum Gasteiger partial charge on any atom is -0.310 e. The summed E-state index contributed by atoms with van der Waals surface area (Å²) in [6.07, 6.45) is -1.94. The van der Waals surface area contributed by atoms with E-state index in [9.17, 15) is 14.5 Å². The number of alkyl halides is 1. The van der Waals surface area contributed by atoms with Crippen molar-refractivity contribution in [2.75, 3.05) is 6.54 Å². The summed E-state index contributed by atoms with van der Waals surface area (Å²) < 4.78 is 12.5. The Balaban J connectivity index is 2.54. The monoisotopic (exact) mass is 163 g/mol. The molecule has 0 aromatic heterocycles. The van der Waals surface area contributed by atoms with Crippen molar-refractivity contribution in [3.63, 3.8) is 0 Å². The lowest BCUT2D eigenvalue weighted by Gasteiger charge is -2.25. The molecular weight excluding hydrogens is 153 g/mol. The van der Waals surface area contributed by atoms with Crippen molar-refractivity contribution >= 4 is 0 Å². The second-order valence-electron chi connectivity index (χ2n) is 2.62. The zero-order valence-electron chi connectivity index (χ0n) is 5.87. The lowest BCUT2D eigenvalue weighted by molar-refractivity contribution is -0.531. The standard InChI is InChI=1S/C5H10FN3O2/c6-3-1-4(9(10)11)5(7)8-2-3/h3-5,8H,1-2,7H2. The first-order chi connectivity index (χ1) is 5.11. The van der Waals surface area contributed by atoms with Crippen LogP contribution >= 0.6 is 0 Å². The second kappa shape index (κ2) is 3.10. The van der Waals surface area contributed by atoms with Crippen molar-refractivity contribution in [1.82, 2.24) is 5.32 Å². The van der Waals surface area contributed by atoms with Gasteiger partial charge in [0.05, 0.1) is 6.42 Å². The van der Waals surface area contributed by atoms with Crippen molar-refractivity contribution in [2.24, 2.45) is 5.73 Å². The van der Waals surface area contributed by atoms with Crippen LogP contribution in [0.2, 0.25) is 0 Å². The highest BCUT2D eigenvalue weighted by atomic mass is 19.1. The number of nitrogens with one attached hydrogen (secondary N) is 1. The summed E-state index contributed by atoms with van der Waals surface area (Å²) >= 11 is 0. The lowest BCUT2D eigenvalue weighted by Crippen LogP contribution is -2.57. The van der Waals surface area contributed by atoms with Crippen LogP contribution in [0.25, 0.3) is 0 Å². The van der Waals surface area contributed by atoms with Gasteiger partial charge in [-0.25, -0.2) is 4.39 Å². The van der Waals surface area contributed by atoms with Gasteiger partial charge in [-0.05, 0) is 0 Å². The number of nitrogens with zero attached hydrogens (tertiary/aromatic N) is 1. The third-order valence-electron chi connectivity index (χ3n) is 1.76. The molecule has 0 aliphatic carbocycles. The quantitative estimate of drug-likeness (QED) is 0.393. The summed E-state index contributed by atoms with van der Waals surface area (Å²) in [6.45, 7) is 0.117. The molecule has 0 saturated carbocycles. The summed E-state index contributed by atoms with van der Waals surface area (Å²) in [5.41, 5.74) is 5.32. The Kier molecular flexibility index (Phi) is 2.35. The molecule has 0 aromatic carbocycles. The molecule has 3 N–H and O–H groups in total. The van der Waals surface area contributed by atoms with Crippen LogP contribution in [0.4, 0.5) is 4.39 Å². The number of hydrogen-bond donors (Lipinski definition) is 2. The largest absolute Gasteiger partial charge is 0.310 e. The van der Waals surface area contributed by atoms with E-state index in [4.69, 9.17) is 5.73 Å². The summed E-state index contributed by atoms with van der Waals surface area (Å²) in [6, 6.07) is -0.987. The van der Waals surface area contributed by atoms with Gasteiger partial charge in [0.1, 0.15) is 12.3 Å². The number of piperidine rings is 1. The van der Waals surface area contributed by atoms with Crippen LogP contribution < -0.4 is 11.1 Å². The van der Waals surface area contributed by atoms with Gasteiger partial charge in [0.25, 0.3) is 0 Å². The fourth-order valence-electron chi connectivity index (χ4n) is 1.11. The van der Waals surface area contributed by atoms with Crippen molar-refractivity contribution in [3.05, 3.63) is 10.1 Å². The minimum absolute atomic E-state index is 0.0822. The molecule has 0 radical (unpaired) electrons. The van der Waals surface area contributed by atoms with Crippen LogP contribution in [0.5, 0.6) is 0 Å². The molecule has 0 aromatic rings. The van der Waals surface area contributed by atoms with Crippen molar-refractivity contribution in [2.45, 2.75) is 24.8 Å². The molecule has 0 bridgehead atoms. The first-order valence-electron chi connectivity index (χ1n) is 3.38. The molecule has 3 unspecified atom stereocenters. The van der Waals surface area contributed by atoms with E-state index < -0.39 is 23.3 Å². The summed E-state index contributed by atoms with van der Waals surface area (Å²) in [4.78, 5) is 9.69. The van der Waals surface area contributed by atoms with Crippen LogP contribution in [0, 0.1) is 10.1 Å². The molecule has 0 spiro atoms. The predicted molar refractivity (Wildman–Crippen MR) is 36.3 cm³/mol. The minimum atomic E-state index is -1.15. The predicted octanol–water partition coefficient (Wildman–Crippen LogP) is -0.752. The number of nitrogens with two attached hydrogens (primary N) is 1. The van der Waals surface area contributed by atoms with Gasteiger partial charge in [-0.3, -0.25) is 15.4 Å². The van der Waals surface area contributed by atoms with Crippen molar-refractivity contribution in [3.8, 4) is 0 Å². The summed E-state index contributed by atoms with van der Waals surface area (Å²) in [5, 5.41) is 12.8. The van der Waals surface area contributed by atoms with E-state index in [1.54, 1.807) is 0 Å². The van der Waals surface area contributed by atoms with Gasteiger partial charge in [0.2, 0.25) is 6.04 Å². The van der Waals surface area contributed by atoms with Crippen LogP contribution in [-0.4, -0.2) is 29.8 Å². The average molecular weight is 163 g/mol. The fraction of sp³-hybridized carbons (Fsp3) is 1.00. The van der Waals surface area contributed by atoms with Crippen LogP contribution in [0.1, 0.15) is 6.42 Å². The first-order valence-corrected chi connectivity index (χ1v) is 3.38. The fourth-order valence-corrected chi connectivity index (χ4v) is 1.11. The van der Waals surface area contributed by atoms with Crippen molar-refractivity contribution < 1.29 is 9.31 Å². The van der Waals surface area contributed by atoms with E-state index in [0.29, 0.717) is 0 Å². The van der Waals surface area contributed by atoms with E-state index in [1.807, 2.05) is 0 Å². The topological polar surface area (TPSA) is 81.2 Å². The molecule has 1 saturated heterocycles. The van der Waals surface area contributed by atoms with E-state index >= 15 is 0 Å². The van der Waals surface area contributed by atoms with Crippen LogP contribution in [0.15, 0.2) is 0 Å². The van der Waals surface area contributed by atoms with E-state index in [1.165, 1.54) is 0 Å². The molecule has 1 aliphatic heterocycles. The van der Waals surface area contributed by atoms with Gasteiger partial charge in [0, 0.05) is 11.5 Å². The Hall–Kier alpha value is -0.750. The van der Waals surface area contributed by atoms with E-state index in [2.05, 4.69) is 5.32 Å². The van der Waals surface area contributed by atoms with Gasteiger partial charge in [0.15, 0.2) is 0 Å². The normalized spacial score (nSPS) is 38.5. The smallest absolute Gasteiger partial charge is 0.243 e. The van der Waals surface area contributed by atoms with Gasteiger partial charge in [-0.15, -0.1) is 0 Å². The van der Waals surface area contributed by atoms with Crippen LogP contribution in [0.3, 0.4) is 0 Å². The molecule has 5 nitrogen and oxygen atoms in total. The summed E-state index contributed by atoms with van der Waals surface area (Å²) in [7, 11) is 0. The third kappa shape index (κ3) is 1.84. The molecule has 1 fully saturated rings. The summed E-state index contributed by atoms with van der Waals surface area (Å²) in [5.74, 6) is 0. The van der Waals surface area contributed by atoms with Gasteiger partial charge >= 0.3 is 0 Å². The molecule has 64 valence electrons. The Morgan fingerprint density at radius 3 is 2.82 bits per heavy atom. The third-order valence-corrected chi connectivity index (χ3v) is 1.76. The molecular formula is C5H10FN3O2. The highest BCUT2D eigenvalue weighted by molar-refractivity contribution is 4.81. The van der Waals surface area contributed by atoms with Gasteiger partial charge in [-0.2, -0.15) is 0 Å². The number of nitro groups is 1. The molecule has 3 atom stereocenters. The SMILES string of the molecule is NC1NCC(F)CC1[N+](=O)[O-]. The number of hydrogen-bond acceptors (Lipinski definition) is 4. The van der Waals surface area contributed by atoms with Gasteiger partial charge < -0.3 is 5.73 Å². The van der Waals surface area contributed by atoms with E-state index in [-0.39, 0.29) is 13.0 Å². The Morgan fingerprint density at radius 2 is 2.36 bits per heavy atom. The van der Waals surface area contributed by atoms with Crippen LogP contribution in [-0.2, 0) is 0 Å². The highest BCUT2D eigenvalue weighted by Crippen LogP contribution is 2.11. The highest BCUT2D eigenvalue weighted by Gasteiger charge is 2.35. The molecule has 1 rings (SSSR count). The number of rotatable bonds is 1. The van der Waals surface area contributed by atoms with Crippen molar-refractivity contribution in [1.29, 1.82) is 0 Å². The zero-order chi connectivity index (χ0) is 8.43. The Bertz CT molecular complexity index is 166. The first kappa shape index (κ1) is 8.35. The second-order valence-corrected chi connectivity index (χ2v) is 2.62. The maximum Gasteiger partial charge on any atom is 0.243 e. The molecule has 6 heteroatoms. The molecule has 0 amide bonds. The average Bonchev–Trinajstić information content (AvgIpc) is 1.94. The zero-order valence-corrected chi connectivity index (χ0v) is 5.87. The Labute approximate surface area is 62.9 Å². The Morgan fingerprint density at radius 1 is 1.73 bits per heavy atom. The molecule has 1 aliphatic rings. The maximum absolute atomic E-state index is 12.5.